The number of allylic oxidation sites excluding steroid dienone is 8. The SMILES string of the molecule is CC(C1=CC2=CC=C(C(C)C(C)(C)C)C2=CC1)C(C)(C)C. The predicted molar refractivity (Wildman–Crippen MR) is 94.2 cm³/mol. The standard InChI is InChI=1S/C21H32/c1-14(20(3,4)5)16-9-12-19-17(13-16)10-11-18(19)15(2)21(6,7)8/h10-15H,9H2,1-8H3. The van der Waals surface area contributed by atoms with Crippen molar-refractivity contribution in [1.82, 2.24) is 0 Å². The van der Waals surface area contributed by atoms with Gasteiger partial charge < -0.3 is 0 Å². The summed E-state index contributed by atoms with van der Waals surface area (Å²) in [5.41, 5.74) is 6.68. The molecular weight excluding hydrogens is 252 g/mol. The van der Waals surface area contributed by atoms with Crippen molar-refractivity contribution >= 4 is 0 Å². The molecule has 0 saturated carbocycles. The smallest absolute Gasteiger partial charge is 0.0123 e. The number of hydrogen-bond acceptors (Lipinski definition) is 0. The van der Waals surface area contributed by atoms with Crippen LogP contribution in [0.2, 0.25) is 0 Å². The van der Waals surface area contributed by atoms with Gasteiger partial charge in [-0.3, -0.25) is 0 Å². The van der Waals surface area contributed by atoms with E-state index in [1.54, 1.807) is 5.57 Å². The first-order valence-corrected chi connectivity index (χ1v) is 8.35. The van der Waals surface area contributed by atoms with Gasteiger partial charge in [0.1, 0.15) is 0 Å². The summed E-state index contributed by atoms with van der Waals surface area (Å²) in [7, 11) is 0. The molecule has 0 bridgehead atoms. The van der Waals surface area contributed by atoms with Crippen molar-refractivity contribution in [3.05, 3.63) is 46.6 Å². The average Bonchev–Trinajstić information content (AvgIpc) is 2.77. The minimum absolute atomic E-state index is 0.318. The average molecular weight is 284 g/mol. The maximum atomic E-state index is 2.46. The molecule has 2 aliphatic rings. The van der Waals surface area contributed by atoms with Crippen molar-refractivity contribution in [3.63, 3.8) is 0 Å². The minimum atomic E-state index is 0.318. The van der Waals surface area contributed by atoms with Crippen LogP contribution in [0.5, 0.6) is 0 Å². The lowest BCUT2D eigenvalue weighted by Gasteiger charge is -2.33. The summed E-state index contributed by atoms with van der Waals surface area (Å²) >= 11 is 0. The summed E-state index contributed by atoms with van der Waals surface area (Å²) in [6.45, 7) is 18.8. The second kappa shape index (κ2) is 5.30. The predicted octanol–water partition coefficient (Wildman–Crippen LogP) is 6.47. The second-order valence-corrected chi connectivity index (χ2v) is 8.96. The van der Waals surface area contributed by atoms with Crippen LogP contribution in [0.4, 0.5) is 0 Å². The van der Waals surface area contributed by atoms with Gasteiger partial charge in [0.15, 0.2) is 0 Å². The molecule has 2 aliphatic carbocycles. The first-order valence-electron chi connectivity index (χ1n) is 8.35. The summed E-state index contributed by atoms with van der Waals surface area (Å²) in [5, 5.41) is 0. The van der Waals surface area contributed by atoms with E-state index in [1.165, 1.54) is 16.7 Å². The van der Waals surface area contributed by atoms with Gasteiger partial charge in [0.2, 0.25) is 0 Å². The number of hydrogen-bond donors (Lipinski definition) is 0. The van der Waals surface area contributed by atoms with Gasteiger partial charge in [-0.2, -0.15) is 0 Å². The highest BCUT2D eigenvalue weighted by molar-refractivity contribution is 5.63. The second-order valence-electron chi connectivity index (χ2n) is 8.96. The van der Waals surface area contributed by atoms with Gasteiger partial charge in [-0.05, 0) is 45.8 Å². The van der Waals surface area contributed by atoms with Crippen molar-refractivity contribution < 1.29 is 0 Å². The first kappa shape index (κ1) is 16.3. The molecule has 0 spiro atoms. The Morgan fingerprint density at radius 1 is 0.857 bits per heavy atom. The van der Waals surface area contributed by atoms with Crippen LogP contribution in [0.3, 0.4) is 0 Å². The van der Waals surface area contributed by atoms with Gasteiger partial charge in [0.25, 0.3) is 0 Å². The van der Waals surface area contributed by atoms with Crippen LogP contribution in [0.25, 0.3) is 0 Å². The largest absolute Gasteiger partial charge is 0.0723 e. The third-order valence-electron chi connectivity index (χ3n) is 5.57. The summed E-state index contributed by atoms with van der Waals surface area (Å²) < 4.78 is 0. The molecular formula is C21H32. The quantitative estimate of drug-likeness (QED) is 0.545. The molecule has 0 aromatic heterocycles. The lowest BCUT2D eigenvalue weighted by Crippen LogP contribution is -2.22. The van der Waals surface area contributed by atoms with Crippen LogP contribution in [-0.2, 0) is 0 Å². The zero-order valence-electron chi connectivity index (χ0n) is 15.2. The molecule has 2 unspecified atom stereocenters. The molecule has 0 radical (unpaired) electrons. The van der Waals surface area contributed by atoms with E-state index in [-0.39, 0.29) is 0 Å². The highest BCUT2D eigenvalue weighted by Crippen LogP contribution is 2.44. The van der Waals surface area contributed by atoms with Crippen LogP contribution < -0.4 is 0 Å². The number of rotatable bonds is 2. The highest BCUT2D eigenvalue weighted by Gasteiger charge is 2.31. The summed E-state index contributed by atoms with van der Waals surface area (Å²) in [6, 6.07) is 0. The van der Waals surface area contributed by atoms with Crippen LogP contribution >= 0.6 is 0 Å². The maximum absolute atomic E-state index is 2.46. The molecule has 116 valence electrons. The molecule has 0 amide bonds. The van der Waals surface area contributed by atoms with E-state index in [4.69, 9.17) is 0 Å². The van der Waals surface area contributed by atoms with Crippen LogP contribution in [0.1, 0.15) is 61.8 Å². The monoisotopic (exact) mass is 284 g/mol. The first-order chi connectivity index (χ1) is 9.51. The number of fused-ring (bicyclic) bond motifs is 1. The van der Waals surface area contributed by atoms with Gasteiger partial charge in [0, 0.05) is 0 Å². The Morgan fingerprint density at radius 2 is 1.43 bits per heavy atom. The lowest BCUT2D eigenvalue weighted by atomic mass is 9.72. The van der Waals surface area contributed by atoms with E-state index in [0.29, 0.717) is 22.7 Å². The fourth-order valence-electron chi connectivity index (χ4n) is 3.07. The maximum Gasteiger partial charge on any atom is -0.0123 e. The van der Waals surface area contributed by atoms with Crippen molar-refractivity contribution in [1.29, 1.82) is 0 Å². The van der Waals surface area contributed by atoms with E-state index in [9.17, 15) is 0 Å². The van der Waals surface area contributed by atoms with E-state index >= 15 is 0 Å². The Balaban J connectivity index is 2.20. The van der Waals surface area contributed by atoms with Crippen molar-refractivity contribution in [2.45, 2.75) is 61.8 Å². The molecule has 21 heavy (non-hydrogen) atoms. The molecule has 0 nitrogen and oxygen atoms in total. The Hall–Kier alpha value is -1.04. The van der Waals surface area contributed by atoms with Gasteiger partial charge in [0.05, 0.1) is 0 Å². The third-order valence-corrected chi connectivity index (χ3v) is 5.57. The van der Waals surface area contributed by atoms with Crippen molar-refractivity contribution in [3.8, 4) is 0 Å². The zero-order chi connectivity index (χ0) is 16.0. The molecule has 0 aliphatic heterocycles. The molecule has 2 atom stereocenters. The lowest BCUT2D eigenvalue weighted by molar-refractivity contribution is 0.296. The van der Waals surface area contributed by atoms with Crippen LogP contribution in [0, 0.1) is 22.7 Å². The molecule has 0 saturated heterocycles. The third kappa shape index (κ3) is 3.25. The minimum Gasteiger partial charge on any atom is -0.0723 e. The van der Waals surface area contributed by atoms with Crippen molar-refractivity contribution in [2.24, 2.45) is 22.7 Å². The van der Waals surface area contributed by atoms with Gasteiger partial charge >= 0.3 is 0 Å². The van der Waals surface area contributed by atoms with E-state index in [0.717, 1.165) is 6.42 Å². The summed E-state index contributed by atoms with van der Waals surface area (Å²) in [5.74, 6) is 1.22. The molecule has 0 heteroatoms. The molecule has 0 heterocycles. The zero-order valence-corrected chi connectivity index (χ0v) is 15.2. The molecule has 0 N–H and O–H groups in total. The highest BCUT2D eigenvalue weighted by atomic mass is 14.4. The normalized spacial score (nSPS) is 21.9. The van der Waals surface area contributed by atoms with E-state index in [1.807, 2.05) is 0 Å². The van der Waals surface area contributed by atoms with E-state index in [2.05, 4.69) is 79.7 Å². The topological polar surface area (TPSA) is 0 Å². The summed E-state index contributed by atoms with van der Waals surface area (Å²) in [6.07, 6.45) is 10.7. The Bertz CT molecular complexity index is 536. The molecule has 0 aromatic rings. The fraction of sp³-hybridized carbons (Fsp3) is 0.619. The van der Waals surface area contributed by atoms with E-state index < -0.39 is 0 Å². The van der Waals surface area contributed by atoms with Gasteiger partial charge in [-0.25, -0.2) is 0 Å². The Labute approximate surface area is 131 Å². The van der Waals surface area contributed by atoms with Crippen molar-refractivity contribution in [2.75, 3.05) is 0 Å². The Morgan fingerprint density at radius 3 is 1.95 bits per heavy atom. The van der Waals surface area contributed by atoms with Gasteiger partial charge in [-0.1, -0.05) is 85.3 Å². The summed E-state index contributed by atoms with van der Waals surface area (Å²) in [4.78, 5) is 0. The van der Waals surface area contributed by atoms with Crippen LogP contribution in [0.15, 0.2) is 46.6 Å². The molecule has 2 rings (SSSR count). The fourth-order valence-corrected chi connectivity index (χ4v) is 3.07. The van der Waals surface area contributed by atoms with Crippen LogP contribution in [-0.4, -0.2) is 0 Å². The van der Waals surface area contributed by atoms with Gasteiger partial charge in [-0.15, -0.1) is 0 Å². The Kier molecular flexibility index (Phi) is 4.12. The molecule has 0 aromatic carbocycles. The molecule has 0 fully saturated rings.